The van der Waals surface area contributed by atoms with Gasteiger partial charge in [-0.1, -0.05) is 62.3 Å². The van der Waals surface area contributed by atoms with Crippen LogP contribution in [0, 0.1) is 29.1 Å². The van der Waals surface area contributed by atoms with Crippen molar-refractivity contribution >= 4 is 0 Å². The molecule has 0 amide bonds. The first-order chi connectivity index (χ1) is 15.2. The van der Waals surface area contributed by atoms with Crippen molar-refractivity contribution in [3.05, 3.63) is 59.7 Å². The summed E-state index contributed by atoms with van der Waals surface area (Å²) in [6.45, 7) is 2.26. The maximum absolute atomic E-state index is 11.1. The first-order valence-electron chi connectivity index (χ1n) is 12.7. The highest BCUT2D eigenvalue weighted by molar-refractivity contribution is 5.26. The van der Waals surface area contributed by atoms with Gasteiger partial charge < -0.3 is 5.11 Å². The molecule has 0 heterocycles. The normalized spacial score (nSPS) is 28.0. The van der Waals surface area contributed by atoms with Crippen LogP contribution in [-0.4, -0.2) is 11.2 Å². The molecule has 168 valence electrons. The van der Waals surface area contributed by atoms with Crippen molar-refractivity contribution in [2.75, 3.05) is 0 Å². The van der Waals surface area contributed by atoms with E-state index in [2.05, 4.69) is 37.3 Å². The Balaban J connectivity index is 1.41. The van der Waals surface area contributed by atoms with E-state index in [4.69, 9.17) is 5.26 Å². The fraction of sp³-hybridized carbons (Fsp3) is 0.621. The molecule has 0 radical (unpaired) electrons. The van der Waals surface area contributed by atoms with E-state index in [0.29, 0.717) is 23.7 Å². The van der Waals surface area contributed by atoms with Crippen molar-refractivity contribution in [1.82, 2.24) is 0 Å². The molecule has 0 aromatic heterocycles. The van der Waals surface area contributed by atoms with E-state index in [9.17, 15) is 5.11 Å². The number of aliphatic hydroxyl groups is 1. The maximum Gasteiger partial charge on any atom is 0.0912 e. The third-order valence-electron chi connectivity index (χ3n) is 7.74. The van der Waals surface area contributed by atoms with Crippen LogP contribution in [0.15, 0.2) is 48.6 Å². The third-order valence-corrected chi connectivity index (χ3v) is 7.74. The summed E-state index contributed by atoms with van der Waals surface area (Å²) < 4.78 is 0. The van der Waals surface area contributed by atoms with Gasteiger partial charge in [0.1, 0.15) is 0 Å². The summed E-state index contributed by atoms with van der Waals surface area (Å²) in [7, 11) is 0. The van der Waals surface area contributed by atoms with Gasteiger partial charge in [0, 0.05) is 6.08 Å². The van der Waals surface area contributed by atoms with Gasteiger partial charge in [0.2, 0.25) is 0 Å². The van der Waals surface area contributed by atoms with Crippen LogP contribution >= 0.6 is 0 Å². The van der Waals surface area contributed by atoms with Gasteiger partial charge in [-0.3, -0.25) is 0 Å². The zero-order valence-electron chi connectivity index (χ0n) is 19.4. The van der Waals surface area contributed by atoms with Crippen molar-refractivity contribution in [3.8, 4) is 6.07 Å². The Bertz CT molecular complexity index is 725. The highest BCUT2D eigenvalue weighted by atomic mass is 16.3. The molecule has 1 aromatic rings. The molecule has 2 aliphatic carbocycles. The van der Waals surface area contributed by atoms with E-state index in [-0.39, 0.29) is 6.10 Å². The van der Waals surface area contributed by atoms with E-state index in [1.54, 1.807) is 0 Å². The van der Waals surface area contributed by atoms with Gasteiger partial charge in [-0.2, -0.15) is 5.26 Å². The van der Waals surface area contributed by atoms with Gasteiger partial charge >= 0.3 is 0 Å². The number of allylic oxidation sites excluding steroid dienone is 4. The Labute approximate surface area is 190 Å². The minimum atomic E-state index is -0.120. The molecule has 0 bridgehead atoms. The Morgan fingerprint density at radius 1 is 0.935 bits per heavy atom. The third kappa shape index (κ3) is 7.36. The van der Waals surface area contributed by atoms with Crippen LogP contribution in [-0.2, 0) is 6.42 Å². The fourth-order valence-corrected chi connectivity index (χ4v) is 5.71. The Kier molecular flexibility index (Phi) is 9.88. The predicted molar refractivity (Wildman–Crippen MR) is 130 cm³/mol. The number of aryl methyl sites for hydroxylation is 1. The lowest BCUT2D eigenvalue weighted by atomic mass is 9.70. The maximum atomic E-state index is 11.1. The Morgan fingerprint density at radius 2 is 1.58 bits per heavy atom. The van der Waals surface area contributed by atoms with Crippen LogP contribution in [0.2, 0.25) is 0 Å². The van der Waals surface area contributed by atoms with E-state index in [1.807, 2.05) is 18.2 Å². The zero-order chi connectivity index (χ0) is 21.9. The van der Waals surface area contributed by atoms with Crippen molar-refractivity contribution in [2.24, 2.45) is 17.8 Å². The molecule has 1 N–H and O–H groups in total. The second-order valence-corrected chi connectivity index (χ2v) is 9.85. The van der Waals surface area contributed by atoms with Gasteiger partial charge in [0.25, 0.3) is 0 Å². The van der Waals surface area contributed by atoms with Gasteiger partial charge in [-0.05, 0) is 99.0 Å². The molecule has 0 aliphatic heterocycles. The van der Waals surface area contributed by atoms with Gasteiger partial charge in [-0.25, -0.2) is 0 Å². The molecular formula is C29H41NO. The summed E-state index contributed by atoms with van der Waals surface area (Å²) in [5.41, 5.74) is 2.98. The van der Waals surface area contributed by atoms with E-state index in [0.717, 1.165) is 12.8 Å². The number of aliphatic hydroxyl groups excluding tert-OH is 1. The molecule has 0 saturated heterocycles. The Morgan fingerprint density at radius 3 is 2.19 bits per heavy atom. The van der Waals surface area contributed by atoms with E-state index < -0.39 is 0 Å². The average molecular weight is 420 g/mol. The number of hydrogen-bond acceptors (Lipinski definition) is 2. The van der Waals surface area contributed by atoms with E-state index >= 15 is 0 Å². The summed E-state index contributed by atoms with van der Waals surface area (Å²) in [5.74, 6) is 2.24. The van der Waals surface area contributed by atoms with Crippen molar-refractivity contribution in [2.45, 2.75) is 96.0 Å². The lowest BCUT2D eigenvalue weighted by molar-refractivity contribution is 0.0127. The summed E-state index contributed by atoms with van der Waals surface area (Å²) in [5, 5.41) is 19.6. The highest BCUT2D eigenvalue weighted by Gasteiger charge is 2.33. The lowest BCUT2D eigenvalue weighted by Gasteiger charge is -2.38. The first kappa shape index (κ1) is 23.8. The van der Waals surface area contributed by atoms with Crippen molar-refractivity contribution < 1.29 is 5.11 Å². The first-order valence-corrected chi connectivity index (χ1v) is 12.7. The van der Waals surface area contributed by atoms with Crippen LogP contribution in [0.1, 0.15) is 94.6 Å². The summed E-state index contributed by atoms with van der Waals surface area (Å²) in [4.78, 5) is 0. The molecule has 2 aliphatic rings. The second kappa shape index (κ2) is 12.9. The quantitative estimate of drug-likeness (QED) is 0.256. The summed E-state index contributed by atoms with van der Waals surface area (Å²) >= 11 is 0. The standard InChI is InChI=1S/C29H41NO/c1-2-3-5-8-23-10-14-25(15-11-23)26-18-20-28(21-19-26)29(31)27-16-12-24(13-17-27)9-6-4-7-22-30/h4,6-7,9-11,14-15,24,26-29,31H,2-3,5,8,12-13,16-21H2,1H3. The number of unbranched alkanes of at least 4 members (excludes halogenated alkanes) is 2. The second-order valence-electron chi connectivity index (χ2n) is 9.85. The summed E-state index contributed by atoms with van der Waals surface area (Å²) in [6.07, 6.45) is 22.0. The number of nitrogens with zero attached hydrogens (tertiary/aromatic N) is 1. The van der Waals surface area contributed by atoms with Crippen LogP contribution < -0.4 is 0 Å². The smallest absolute Gasteiger partial charge is 0.0912 e. The van der Waals surface area contributed by atoms with Gasteiger partial charge in [0.05, 0.1) is 12.2 Å². The number of nitriles is 1. The molecule has 0 spiro atoms. The topological polar surface area (TPSA) is 44.0 Å². The van der Waals surface area contributed by atoms with E-state index in [1.165, 1.54) is 81.4 Å². The zero-order valence-corrected chi connectivity index (χ0v) is 19.4. The van der Waals surface area contributed by atoms with Crippen LogP contribution in [0.25, 0.3) is 0 Å². The number of rotatable bonds is 9. The molecule has 3 rings (SSSR count). The van der Waals surface area contributed by atoms with Crippen molar-refractivity contribution in [3.63, 3.8) is 0 Å². The summed E-state index contributed by atoms with van der Waals surface area (Å²) in [6, 6.07) is 11.4. The molecule has 2 saturated carbocycles. The SMILES string of the molecule is CCCCCc1ccc(C2CCC(C(O)C3CCC(C=CC=CC#N)CC3)CC2)cc1. The molecule has 2 fully saturated rings. The number of hydrogen-bond donors (Lipinski definition) is 1. The molecule has 2 nitrogen and oxygen atoms in total. The molecule has 1 aromatic carbocycles. The van der Waals surface area contributed by atoms with Crippen LogP contribution in [0.4, 0.5) is 0 Å². The minimum Gasteiger partial charge on any atom is -0.393 e. The fourth-order valence-electron chi connectivity index (χ4n) is 5.71. The monoisotopic (exact) mass is 419 g/mol. The average Bonchev–Trinajstić information content (AvgIpc) is 2.83. The minimum absolute atomic E-state index is 0.120. The molecule has 1 atom stereocenters. The molecule has 1 unspecified atom stereocenters. The molecule has 31 heavy (non-hydrogen) atoms. The van der Waals surface area contributed by atoms with Gasteiger partial charge in [0.15, 0.2) is 0 Å². The molecular weight excluding hydrogens is 378 g/mol. The van der Waals surface area contributed by atoms with Crippen molar-refractivity contribution in [1.29, 1.82) is 5.26 Å². The lowest BCUT2D eigenvalue weighted by Crippen LogP contribution is -2.34. The van der Waals surface area contributed by atoms with Crippen LogP contribution in [0.5, 0.6) is 0 Å². The van der Waals surface area contributed by atoms with Crippen LogP contribution in [0.3, 0.4) is 0 Å². The van der Waals surface area contributed by atoms with Gasteiger partial charge in [-0.15, -0.1) is 0 Å². The number of benzene rings is 1. The highest BCUT2D eigenvalue weighted by Crippen LogP contribution is 2.41. The predicted octanol–water partition coefficient (Wildman–Crippen LogP) is 7.50. The Hall–Kier alpha value is -1.85. The molecule has 2 heteroatoms. The largest absolute Gasteiger partial charge is 0.393 e.